The van der Waals surface area contributed by atoms with Gasteiger partial charge in [-0.15, -0.1) is 11.3 Å². The zero-order chi connectivity index (χ0) is 19.0. The molecule has 0 aliphatic carbocycles. The van der Waals surface area contributed by atoms with Crippen molar-refractivity contribution < 1.29 is 14.1 Å². The molecule has 0 saturated heterocycles. The van der Waals surface area contributed by atoms with Gasteiger partial charge in [-0.3, -0.25) is 9.59 Å². The molecule has 1 amide bonds. The standard InChI is InChI=1S/C21H26N2O2S/c1-4-5-14-23(2,3)16-21(25)22-18-10-8-17(9-11-18)20(24)13-12-19-7-6-15-26-19/h6-13,15H,4-5,14,16H2,1-3H3/p+1/b13-12+. The van der Waals surface area contributed by atoms with Crippen molar-refractivity contribution >= 4 is 34.8 Å². The molecule has 0 radical (unpaired) electrons. The monoisotopic (exact) mass is 371 g/mol. The molecule has 1 aromatic heterocycles. The van der Waals surface area contributed by atoms with E-state index >= 15 is 0 Å². The molecule has 1 aromatic carbocycles. The van der Waals surface area contributed by atoms with Crippen molar-refractivity contribution in [2.45, 2.75) is 19.8 Å². The Morgan fingerprint density at radius 1 is 1.15 bits per heavy atom. The fraction of sp³-hybridized carbons (Fsp3) is 0.333. The molecule has 26 heavy (non-hydrogen) atoms. The van der Waals surface area contributed by atoms with Crippen molar-refractivity contribution in [1.29, 1.82) is 0 Å². The van der Waals surface area contributed by atoms with Crippen molar-refractivity contribution in [3.63, 3.8) is 0 Å². The van der Waals surface area contributed by atoms with Crippen molar-refractivity contribution in [3.05, 3.63) is 58.3 Å². The molecule has 0 atom stereocenters. The number of nitrogens with one attached hydrogen (secondary N) is 1. The molecule has 0 spiro atoms. The largest absolute Gasteiger partial charge is 0.321 e. The van der Waals surface area contributed by atoms with Crippen LogP contribution in [0.3, 0.4) is 0 Å². The number of likely N-dealkylation sites (N-methyl/N-ethyl adjacent to an activating group) is 1. The van der Waals surface area contributed by atoms with Gasteiger partial charge in [0.25, 0.3) is 5.91 Å². The first-order chi connectivity index (χ1) is 12.4. The van der Waals surface area contributed by atoms with Crippen LogP contribution < -0.4 is 5.32 Å². The molecular formula is C21H27N2O2S+. The molecule has 138 valence electrons. The second kappa shape index (κ2) is 9.46. The number of benzene rings is 1. The number of anilines is 1. The molecule has 2 aromatic rings. The smallest absolute Gasteiger partial charge is 0.279 e. The lowest BCUT2D eigenvalue weighted by Gasteiger charge is -2.28. The SMILES string of the molecule is CCCC[N+](C)(C)CC(=O)Nc1ccc(C(=O)/C=C/c2cccs2)cc1. The van der Waals surface area contributed by atoms with Crippen LogP contribution in [0.5, 0.6) is 0 Å². The van der Waals surface area contributed by atoms with E-state index in [4.69, 9.17) is 0 Å². The number of hydrogen-bond acceptors (Lipinski definition) is 3. The predicted octanol–water partition coefficient (Wildman–Crippen LogP) is 4.46. The molecule has 1 N–H and O–H groups in total. The Bertz CT molecular complexity index is 747. The fourth-order valence-electron chi connectivity index (χ4n) is 2.61. The van der Waals surface area contributed by atoms with E-state index in [1.807, 2.05) is 23.6 Å². The number of unbranched alkanes of at least 4 members (excludes halogenated alkanes) is 1. The topological polar surface area (TPSA) is 46.2 Å². The van der Waals surface area contributed by atoms with Gasteiger partial charge in [0.05, 0.1) is 20.6 Å². The predicted molar refractivity (Wildman–Crippen MR) is 110 cm³/mol. The lowest BCUT2D eigenvalue weighted by atomic mass is 10.1. The lowest BCUT2D eigenvalue weighted by Crippen LogP contribution is -2.46. The summed E-state index contributed by atoms with van der Waals surface area (Å²) in [7, 11) is 4.13. The van der Waals surface area contributed by atoms with Crippen LogP contribution in [-0.2, 0) is 4.79 Å². The third-order valence-electron chi connectivity index (χ3n) is 4.08. The Morgan fingerprint density at radius 3 is 2.50 bits per heavy atom. The Morgan fingerprint density at radius 2 is 1.88 bits per heavy atom. The summed E-state index contributed by atoms with van der Waals surface area (Å²) in [6, 6.07) is 11.0. The molecule has 5 heteroatoms. The summed E-state index contributed by atoms with van der Waals surface area (Å²) in [5, 5.41) is 4.89. The first kappa shape index (κ1) is 20.1. The highest BCUT2D eigenvalue weighted by Gasteiger charge is 2.19. The number of carbonyl (C=O) groups excluding carboxylic acids is 2. The number of rotatable bonds is 9. The quantitative estimate of drug-likeness (QED) is 0.402. The van der Waals surface area contributed by atoms with Gasteiger partial charge in [0.2, 0.25) is 0 Å². The maximum Gasteiger partial charge on any atom is 0.279 e. The minimum Gasteiger partial charge on any atom is -0.321 e. The zero-order valence-electron chi connectivity index (χ0n) is 15.7. The van der Waals surface area contributed by atoms with E-state index in [-0.39, 0.29) is 11.7 Å². The van der Waals surface area contributed by atoms with E-state index in [0.29, 0.717) is 22.3 Å². The highest BCUT2D eigenvalue weighted by Crippen LogP contribution is 2.14. The van der Waals surface area contributed by atoms with Crippen molar-refractivity contribution in [1.82, 2.24) is 0 Å². The minimum absolute atomic E-state index is 0.0113. The summed E-state index contributed by atoms with van der Waals surface area (Å²) in [6.07, 6.45) is 5.63. The highest BCUT2D eigenvalue weighted by molar-refractivity contribution is 7.10. The second-order valence-corrected chi connectivity index (χ2v) is 7.99. The third-order valence-corrected chi connectivity index (χ3v) is 4.92. The van der Waals surface area contributed by atoms with Crippen molar-refractivity contribution in [2.75, 3.05) is 32.5 Å². The number of hydrogen-bond donors (Lipinski definition) is 1. The lowest BCUT2D eigenvalue weighted by molar-refractivity contribution is -0.882. The number of thiophene rings is 1. The molecule has 0 aliphatic heterocycles. The minimum atomic E-state index is -0.0476. The third kappa shape index (κ3) is 6.58. The average molecular weight is 372 g/mol. The summed E-state index contributed by atoms with van der Waals surface area (Å²) in [6.45, 7) is 3.57. The van der Waals surface area contributed by atoms with Crippen LogP contribution in [0.15, 0.2) is 47.9 Å². The molecular weight excluding hydrogens is 344 g/mol. The van der Waals surface area contributed by atoms with Gasteiger partial charge in [-0.1, -0.05) is 19.4 Å². The van der Waals surface area contributed by atoms with Crippen LogP contribution in [0.2, 0.25) is 0 Å². The van der Waals surface area contributed by atoms with Gasteiger partial charge in [-0.25, -0.2) is 0 Å². The number of amides is 1. The molecule has 0 saturated carbocycles. The number of quaternary nitrogens is 1. The van der Waals surface area contributed by atoms with Gasteiger partial charge < -0.3 is 9.80 Å². The van der Waals surface area contributed by atoms with Crippen LogP contribution >= 0.6 is 11.3 Å². The normalized spacial score (nSPS) is 11.7. The summed E-state index contributed by atoms with van der Waals surface area (Å²) < 4.78 is 0.670. The zero-order valence-corrected chi connectivity index (χ0v) is 16.5. The molecule has 1 heterocycles. The number of carbonyl (C=O) groups is 2. The van der Waals surface area contributed by atoms with E-state index < -0.39 is 0 Å². The van der Waals surface area contributed by atoms with Gasteiger partial charge in [-0.05, 0) is 54.3 Å². The van der Waals surface area contributed by atoms with Crippen molar-refractivity contribution in [3.8, 4) is 0 Å². The fourth-order valence-corrected chi connectivity index (χ4v) is 3.23. The number of ketones is 1. The van der Waals surface area contributed by atoms with Crippen molar-refractivity contribution in [2.24, 2.45) is 0 Å². The van der Waals surface area contributed by atoms with Crippen LogP contribution in [0.4, 0.5) is 5.69 Å². The van der Waals surface area contributed by atoms with E-state index in [9.17, 15) is 9.59 Å². The molecule has 0 fully saturated rings. The summed E-state index contributed by atoms with van der Waals surface area (Å²) in [5.74, 6) is -0.0589. The van der Waals surface area contributed by atoms with Crippen LogP contribution in [-0.4, -0.2) is 43.4 Å². The molecule has 4 nitrogen and oxygen atoms in total. The Labute approximate surface area is 159 Å². The second-order valence-electron chi connectivity index (χ2n) is 7.01. The van der Waals surface area contributed by atoms with Crippen LogP contribution in [0.1, 0.15) is 35.0 Å². The molecule has 2 rings (SSSR count). The number of allylic oxidation sites excluding steroid dienone is 1. The van der Waals surface area contributed by atoms with Gasteiger partial charge in [0, 0.05) is 16.1 Å². The Balaban J connectivity index is 1.90. The van der Waals surface area contributed by atoms with E-state index in [1.165, 1.54) is 0 Å². The first-order valence-electron chi connectivity index (χ1n) is 8.87. The van der Waals surface area contributed by atoms with Crippen LogP contribution in [0.25, 0.3) is 6.08 Å². The van der Waals surface area contributed by atoms with Crippen LogP contribution in [0, 0.1) is 0 Å². The van der Waals surface area contributed by atoms with Gasteiger partial charge >= 0.3 is 0 Å². The molecule has 0 aliphatic rings. The van der Waals surface area contributed by atoms with Gasteiger partial charge in [0.1, 0.15) is 0 Å². The summed E-state index contributed by atoms with van der Waals surface area (Å²) in [5.41, 5.74) is 1.32. The first-order valence-corrected chi connectivity index (χ1v) is 9.75. The maximum atomic E-state index is 12.2. The van der Waals surface area contributed by atoms with E-state index in [1.54, 1.807) is 41.7 Å². The average Bonchev–Trinajstić information content (AvgIpc) is 3.11. The Kier molecular flexibility index (Phi) is 7.30. The highest BCUT2D eigenvalue weighted by atomic mass is 32.1. The van der Waals surface area contributed by atoms with Gasteiger partial charge in [-0.2, -0.15) is 0 Å². The molecule has 0 unspecified atom stereocenters. The molecule has 0 bridgehead atoms. The summed E-state index contributed by atoms with van der Waals surface area (Å²) in [4.78, 5) is 25.5. The van der Waals surface area contributed by atoms with E-state index in [2.05, 4.69) is 26.3 Å². The maximum absolute atomic E-state index is 12.2. The van der Waals surface area contributed by atoms with Gasteiger partial charge in [0.15, 0.2) is 12.3 Å². The number of nitrogens with zero attached hydrogens (tertiary/aromatic N) is 1. The Hall–Kier alpha value is -2.24. The summed E-state index contributed by atoms with van der Waals surface area (Å²) >= 11 is 1.59. The van der Waals surface area contributed by atoms with E-state index in [0.717, 1.165) is 24.3 Å².